The van der Waals surface area contributed by atoms with Crippen LogP contribution in [0.1, 0.15) is 12.5 Å². The Balaban J connectivity index is 3.09. The maximum atomic E-state index is 12.1. The van der Waals surface area contributed by atoms with E-state index in [1.54, 1.807) is 25.1 Å². The molecule has 108 valence electrons. The van der Waals surface area contributed by atoms with Crippen LogP contribution < -0.4 is 5.32 Å². The van der Waals surface area contributed by atoms with Crippen molar-refractivity contribution < 1.29 is 9.53 Å². The summed E-state index contributed by atoms with van der Waals surface area (Å²) in [5.74, 6) is -0.470. The first-order valence-corrected chi connectivity index (χ1v) is 6.92. The minimum absolute atomic E-state index is 0.219. The van der Waals surface area contributed by atoms with Crippen molar-refractivity contribution in [1.29, 1.82) is 0 Å². The molecular formula is C12H14BrClN4O2. The standard InChI is InChI=1S/C12H14BrClN4O2/c1-12(11(19)20-2,16-5-6-17-18-15)9-4-3-8(13)7-10(9)14/h3-4,7,16H,5-6H2,1-2H3. The summed E-state index contributed by atoms with van der Waals surface area (Å²) in [7, 11) is 1.31. The Bertz CT molecular complexity index is 548. The predicted octanol–water partition coefficient (Wildman–Crippen LogP) is 3.39. The van der Waals surface area contributed by atoms with Crippen molar-refractivity contribution in [2.24, 2.45) is 5.11 Å². The SMILES string of the molecule is COC(=O)C(C)(NCCN=[N+]=[N-])c1ccc(Br)cc1Cl. The van der Waals surface area contributed by atoms with Crippen molar-refractivity contribution in [2.75, 3.05) is 20.2 Å². The van der Waals surface area contributed by atoms with Gasteiger partial charge in [0, 0.05) is 33.1 Å². The number of hydrogen-bond donors (Lipinski definition) is 1. The molecule has 0 aromatic heterocycles. The lowest BCUT2D eigenvalue weighted by molar-refractivity contribution is -0.148. The third-order valence-electron chi connectivity index (χ3n) is 2.82. The molecule has 1 N–H and O–H groups in total. The quantitative estimate of drug-likeness (QED) is 0.277. The molecule has 0 aliphatic heterocycles. The van der Waals surface area contributed by atoms with Crippen molar-refractivity contribution in [1.82, 2.24) is 5.32 Å². The molecule has 0 spiro atoms. The number of azide groups is 1. The van der Waals surface area contributed by atoms with E-state index in [9.17, 15) is 4.79 Å². The summed E-state index contributed by atoms with van der Waals surface area (Å²) in [5, 5.41) is 6.87. The lowest BCUT2D eigenvalue weighted by Crippen LogP contribution is -2.48. The maximum Gasteiger partial charge on any atom is 0.330 e. The van der Waals surface area contributed by atoms with Crippen LogP contribution in [0.15, 0.2) is 27.8 Å². The zero-order chi connectivity index (χ0) is 15.2. The van der Waals surface area contributed by atoms with Crippen LogP contribution >= 0.6 is 27.5 Å². The molecule has 1 aromatic rings. The highest BCUT2D eigenvalue weighted by molar-refractivity contribution is 9.10. The van der Waals surface area contributed by atoms with Crippen LogP contribution in [0, 0.1) is 0 Å². The number of nitrogens with one attached hydrogen (secondary N) is 1. The predicted molar refractivity (Wildman–Crippen MR) is 80.5 cm³/mol. The van der Waals surface area contributed by atoms with E-state index in [4.69, 9.17) is 21.9 Å². The molecule has 8 heteroatoms. The van der Waals surface area contributed by atoms with Gasteiger partial charge in [0.2, 0.25) is 0 Å². The van der Waals surface area contributed by atoms with Gasteiger partial charge in [0.05, 0.1) is 7.11 Å². The molecule has 0 radical (unpaired) electrons. The summed E-state index contributed by atoms with van der Waals surface area (Å²) in [6.07, 6.45) is 0. The van der Waals surface area contributed by atoms with Crippen LogP contribution in [0.5, 0.6) is 0 Å². The smallest absolute Gasteiger partial charge is 0.330 e. The number of methoxy groups -OCH3 is 1. The fourth-order valence-corrected chi connectivity index (χ4v) is 2.64. The van der Waals surface area contributed by atoms with Crippen molar-refractivity contribution in [3.8, 4) is 0 Å². The van der Waals surface area contributed by atoms with Gasteiger partial charge in [-0.2, -0.15) is 0 Å². The first-order valence-electron chi connectivity index (χ1n) is 5.75. The second kappa shape index (κ2) is 7.50. The van der Waals surface area contributed by atoms with E-state index in [1.807, 2.05) is 0 Å². The minimum Gasteiger partial charge on any atom is -0.467 e. The number of ether oxygens (including phenoxy) is 1. The molecule has 0 saturated heterocycles. The third-order valence-corrected chi connectivity index (χ3v) is 3.62. The van der Waals surface area contributed by atoms with Gasteiger partial charge in [0.15, 0.2) is 0 Å². The normalized spacial score (nSPS) is 13.2. The monoisotopic (exact) mass is 360 g/mol. The van der Waals surface area contributed by atoms with E-state index in [0.717, 1.165) is 4.47 Å². The second-order valence-electron chi connectivity index (χ2n) is 4.12. The second-order valence-corrected chi connectivity index (χ2v) is 5.44. The largest absolute Gasteiger partial charge is 0.467 e. The van der Waals surface area contributed by atoms with Gasteiger partial charge >= 0.3 is 5.97 Å². The average Bonchev–Trinajstić information content (AvgIpc) is 2.42. The topological polar surface area (TPSA) is 87.1 Å². The number of halogens is 2. The summed E-state index contributed by atoms with van der Waals surface area (Å²) in [4.78, 5) is 14.7. The van der Waals surface area contributed by atoms with E-state index in [1.165, 1.54) is 7.11 Å². The Morgan fingerprint density at radius 3 is 2.90 bits per heavy atom. The van der Waals surface area contributed by atoms with E-state index in [0.29, 0.717) is 17.1 Å². The van der Waals surface area contributed by atoms with Gasteiger partial charge in [-0.15, -0.1) is 0 Å². The van der Waals surface area contributed by atoms with Crippen LogP contribution in [0.2, 0.25) is 5.02 Å². The van der Waals surface area contributed by atoms with Crippen molar-refractivity contribution in [3.63, 3.8) is 0 Å². The number of hydrogen-bond acceptors (Lipinski definition) is 4. The van der Waals surface area contributed by atoms with Gasteiger partial charge in [-0.1, -0.05) is 38.7 Å². The van der Waals surface area contributed by atoms with Gasteiger partial charge in [0.25, 0.3) is 0 Å². The Labute approximate surface area is 130 Å². The number of nitrogens with zero attached hydrogens (tertiary/aromatic N) is 3. The first-order chi connectivity index (χ1) is 9.45. The molecule has 0 bridgehead atoms. The van der Waals surface area contributed by atoms with Gasteiger partial charge in [-0.25, -0.2) is 4.79 Å². The number of carbonyl (C=O) groups is 1. The Morgan fingerprint density at radius 1 is 1.65 bits per heavy atom. The van der Waals surface area contributed by atoms with Crippen LogP contribution in [0.3, 0.4) is 0 Å². The molecule has 1 aromatic carbocycles. The molecule has 0 amide bonds. The molecule has 1 rings (SSSR count). The molecule has 0 aliphatic rings. The minimum atomic E-state index is -1.11. The molecule has 6 nitrogen and oxygen atoms in total. The zero-order valence-corrected chi connectivity index (χ0v) is 13.4. The van der Waals surface area contributed by atoms with Gasteiger partial charge in [0.1, 0.15) is 5.54 Å². The number of benzene rings is 1. The molecule has 0 heterocycles. The van der Waals surface area contributed by atoms with E-state index in [2.05, 4.69) is 31.3 Å². The highest BCUT2D eigenvalue weighted by Crippen LogP contribution is 2.31. The molecule has 0 saturated carbocycles. The molecule has 1 atom stereocenters. The Kier molecular flexibility index (Phi) is 6.29. The van der Waals surface area contributed by atoms with E-state index >= 15 is 0 Å². The maximum absolute atomic E-state index is 12.1. The number of esters is 1. The first kappa shape index (κ1) is 16.8. The number of carbonyl (C=O) groups excluding carboxylic acids is 1. The molecule has 0 fully saturated rings. The summed E-state index contributed by atoms with van der Waals surface area (Å²) in [6, 6.07) is 5.23. The highest BCUT2D eigenvalue weighted by atomic mass is 79.9. The van der Waals surface area contributed by atoms with Crippen LogP contribution in [-0.4, -0.2) is 26.2 Å². The average molecular weight is 362 g/mol. The lowest BCUT2D eigenvalue weighted by Gasteiger charge is -2.29. The highest BCUT2D eigenvalue weighted by Gasteiger charge is 2.37. The molecular weight excluding hydrogens is 348 g/mol. The van der Waals surface area contributed by atoms with Crippen molar-refractivity contribution in [2.45, 2.75) is 12.5 Å². The van der Waals surface area contributed by atoms with Gasteiger partial charge < -0.3 is 4.74 Å². The molecule has 20 heavy (non-hydrogen) atoms. The Hall–Kier alpha value is -1.27. The molecule has 1 unspecified atom stereocenters. The van der Waals surface area contributed by atoms with Crippen LogP contribution in [0.25, 0.3) is 10.4 Å². The molecule has 0 aliphatic carbocycles. The van der Waals surface area contributed by atoms with E-state index in [-0.39, 0.29) is 6.54 Å². The van der Waals surface area contributed by atoms with E-state index < -0.39 is 11.5 Å². The summed E-state index contributed by atoms with van der Waals surface area (Å²) >= 11 is 9.51. The summed E-state index contributed by atoms with van der Waals surface area (Å²) in [5.41, 5.74) is 7.73. The number of rotatable bonds is 6. The van der Waals surface area contributed by atoms with Crippen LogP contribution in [0.4, 0.5) is 0 Å². The van der Waals surface area contributed by atoms with Crippen molar-refractivity contribution >= 4 is 33.5 Å². The Morgan fingerprint density at radius 2 is 2.35 bits per heavy atom. The zero-order valence-electron chi connectivity index (χ0n) is 11.1. The van der Waals surface area contributed by atoms with Gasteiger partial charge in [-0.3, -0.25) is 5.32 Å². The third kappa shape index (κ3) is 3.86. The lowest BCUT2D eigenvalue weighted by atomic mass is 9.92. The fourth-order valence-electron chi connectivity index (χ4n) is 1.78. The van der Waals surface area contributed by atoms with Gasteiger partial charge in [-0.05, 0) is 24.6 Å². The van der Waals surface area contributed by atoms with Crippen molar-refractivity contribution in [3.05, 3.63) is 43.7 Å². The summed E-state index contributed by atoms with van der Waals surface area (Å²) in [6.45, 7) is 2.21. The van der Waals surface area contributed by atoms with Crippen LogP contribution in [-0.2, 0) is 15.1 Å². The fraction of sp³-hybridized carbons (Fsp3) is 0.417. The summed E-state index contributed by atoms with van der Waals surface area (Å²) < 4.78 is 5.65.